The monoisotopic (exact) mass is 317 g/mol. The van der Waals surface area contributed by atoms with Gasteiger partial charge in [-0.2, -0.15) is 0 Å². The second-order valence-electron chi connectivity index (χ2n) is 4.95. The highest BCUT2D eigenvalue weighted by Crippen LogP contribution is 2.33. The Bertz CT molecular complexity index is 512. The summed E-state index contributed by atoms with van der Waals surface area (Å²) < 4.78 is 13.2. The number of aliphatic hydroxyl groups excluding tert-OH is 1. The quantitative estimate of drug-likeness (QED) is 0.927. The number of nitrogens with zero attached hydrogens (tertiary/aromatic N) is 1. The smallest absolute Gasteiger partial charge is 0.240 e. The Labute approximate surface area is 127 Å². The van der Waals surface area contributed by atoms with Crippen LogP contribution in [0.4, 0.5) is 10.1 Å². The van der Waals surface area contributed by atoms with E-state index in [1.54, 1.807) is 17.9 Å². The van der Waals surface area contributed by atoms with Gasteiger partial charge in [0, 0.05) is 17.5 Å². The van der Waals surface area contributed by atoms with Crippen molar-refractivity contribution >= 4 is 35.0 Å². The number of hydrogen-bond donors (Lipinski definition) is 1. The van der Waals surface area contributed by atoms with Crippen molar-refractivity contribution in [1.29, 1.82) is 0 Å². The molecule has 1 aromatic carbocycles. The average molecular weight is 318 g/mol. The molecule has 0 radical (unpaired) electrons. The number of carbonyl (C=O) groups is 1. The predicted octanol–water partition coefficient (Wildman–Crippen LogP) is 3.09. The standard InChI is InChI=1S/C14H17ClFNO2S/c1-8(18)9(2)20-13-5-6-17(14(13)19)10-3-4-12(16)11(15)7-10/h3-4,7-9,13,18H,5-6H2,1-2H3/t8-,9-,13+/m0/s1. The summed E-state index contributed by atoms with van der Waals surface area (Å²) in [5, 5.41) is 9.37. The fourth-order valence-electron chi connectivity index (χ4n) is 2.06. The zero-order chi connectivity index (χ0) is 14.9. The molecule has 0 aliphatic carbocycles. The van der Waals surface area contributed by atoms with Crippen molar-refractivity contribution in [2.45, 2.75) is 36.9 Å². The number of anilines is 1. The Morgan fingerprint density at radius 1 is 1.50 bits per heavy atom. The molecule has 1 saturated heterocycles. The van der Waals surface area contributed by atoms with E-state index >= 15 is 0 Å². The highest BCUT2D eigenvalue weighted by molar-refractivity contribution is 8.01. The molecule has 0 bridgehead atoms. The first-order valence-electron chi connectivity index (χ1n) is 6.50. The fourth-order valence-corrected chi connectivity index (χ4v) is 3.47. The molecule has 1 N–H and O–H groups in total. The minimum atomic E-state index is -0.490. The van der Waals surface area contributed by atoms with E-state index in [2.05, 4.69) is 0 Å². The van der Waals surface area contributed by atoms with E-state index in [1.165, 1.54) is 23.9 Å². The van der Waals surface area contributed by atoms with Gasteiger partial charge in [0.15, 0.2) is 0 Å². The van der Waals surface area contributed by atoms with Crippen molar-refractivity contribution in [1.82, 2.24) is 0 Å². The lowest BCUT2D eigenvalue weighted by atomic mass is 10.3. The first kappa shape index (κ1) is 15.6. The topological polar surface area (TPSA) is 40.5 Å². The summed E-state index contributed by atoms with van der Waals surface area (Å²) in [5.41, 5.74) is 0.620. The molecular formula is C14H17ClFNO2S. The van der Waals surface area contributed by atoms with Crippen LogP contribution in [0.25, 0.3) is 0 Å². The van der Waals surface area contributed by atoms with Gasteiger partial charge in [-0.05, 0) is 31.5 Å². The van der Waals surface area contributed by atoms with Crippen LogP contribution in [0.15, 0.2) is 18.2 Å². The summed E-state index contributed by atoms with van der Waals surface area (Å²) in [6.45, 7) is 4.21. The van der Waals surface area contributed by atoms with Gasteiger partial charge in [0.05, 0.1) is 16.4 Å². The molecule has 0 saturated carbocycles. The van der Waals surface area contributed by atoms with Crippen molar-refractivity contribution in [3.05, 3.63) is 29.0 Å². The van der Waals surface area contributed by atoms with Crippen LogP contribution in [-0.4, -0.2) is 34.2 Å². The van der Waals surface area contributed by atoms with Crippen molar-refractivity contribution in [3.63, 3.8) is 0 Å². The van der Waals surface area contributed by atoms with E-state index < -0.39 is 11.9 Å². The van der Waals surface area contributed by atoms with Crippen LogP contribution < -0.4 is 4.90 Å². The number of halogens is 2. The van der Waals surface area contributed by atoms with Gasteiger partial charge in [-0.1, -0.05) is 18.5 Å². The van der Waals surface area contributed by atoms with E-state index in [9.17, 15) is 14.3 Å². The number of amides is 1. The lowest BCUT2D eigenvalue weighted by Crippen LogP contribution is -2.30. The number of aliphatic hydroxyl groups is 1. The predicted molar refractivity (Wildman–Crippen MR) is 80.9 cm³/mol. The number of rotatable bonds is 4. The van der Waals surface area contributed by atoms with Gasteiger partial charge >= 0.3 is 0 Å². The van der Waals surface area contributed by atoms with E-state index in [0.29, 0.717) is 12.2 Å². The molecule has 1 amide bonds. The Morgan fingerprint density at radius 3 is 2.80 bits per heavy atom. The summed E-state index contributed by atoms with van der Waals surface area (Å²) in [7, 11) is 0. The Morgan fingerprint density at radius 2 is 2.20 bits per heavy atom. The van der Waals surface area contributed by atoms with E-state index in [4.69, 9.17) is 11.6 Å². The number of benzene rings is 1. The molecule has 110 valence electrons. The minimum absolute atomic E-state index is 0.000653. The van der Waals surface area contributed by atoms with Crippen molar-refractivity contribution in [3.8, 4) is 0 Å². The second-order valence-corrected chi connectivity index (χ2v) is 6.94. The molecule has 0 unspecified atom stereocenters. The first-order valence-corrected chi connectivity index (χ1v) is 7.82. The van der Waals surface area contributed by atoms with Crippen molar-refractivity contribution in [2.24, 2.45) is 0 Å². The zero-order valence-corrected chi connectivity index (χ0v) is 12.9. The maximum Gasteiger partial charge on any atom is 0.240 e. The van der Waals surface area contributed by atoms with Crippen LogP contribution in [0.5, 0.6) is 0 Å². The fraction of sp³-hybridized carbons (Fsp3) is 0.500. The minimum Gasteiger partial charge on any atom is -0.392 e. The molecule has 0 aromatic heterocycles. The van der Waals surface area contributed by atoms with Crippen LogP contribution in [0.1, 0.15) is 20.3 Å². The Hall–Kier alpha value is -0.780. The molecule has 1 aromatic rings. The van der Waals surface area contributed by atoms with E-state index in [0.717, 1.165) is 6.42 Å². The molecule has 1 aliphatic heterocycles. The van der Waals surface area contributed by atoms with Gasteiger partial charge in [0.2, 0.25) is 5.91 Å². The summed E-state index contributed by atoms with van der Waals surface area (Å²) in [4.78, 5) is 14.0. The highest BCUT2D eigenvalue weighted by atomic mass is 35.5. The van der Waals surface area contributed by atoms with Crippen LogP contribution in [0.2, 0.25) is 5.02 Å². The number of thioether (sulfide) groups is 1. The summed E-state index contributed by atoms with van der Waals surface area (Å²) >= 11 is 7.23. The third-order valence-corrected chi connectivity index (χ3v) is 5.31. The Kier molecular flexibility index (Phi) is 4.94. The average Bonchev–Trinajstić information content (AvgIpc) is 2.74. The molecule has 6 heteroatoms. The molecule has 3 nitrogen and oxygen atoms in total. The normalized spacial score (nSPS) is 22.1. The van der Waals surface area contributed by atoms with Crippen molar-refractivity contribution in [2.75, 3.05) is 11.4 Å². The molecule has 1 heterocycles. The number of carbonyl (C=O) groups excluding carboxylic acids is 1. The van der Waals surface area contributed by atoms with Gasteiger partial charge < -0.3 is 10.0 Å². The van der Waals surface area contributed by atoms with Gasteiger partial charge in [0.1, 0.15) is 5.82 Å². The van der Waals surface area contributed by atoms with Crippen LogP contribution >= 0.6 is 23.4 Å². The maximum absolute atomic E-state index is 13.2. The van der Waals surface area contributed by atoms with Gasteiger partial charge in [-0.25, -0.2) is 4.39 Å². The SMILES string of the molecule is C[C@H](O)[C@H](C)S[C@@H]1CCN(c2ccc(F)c(Cl)c2)C1=O. The lowest BCUT2D eigenvalue weighted by Gasteiger charge is -2.20. The van der Waals surface area contributed by atoms with Gasteiger partial charge in [0.25, 0.3) is 0 Å². The number of hydrogen-bond acceptors (Lipinski definition) is 3. The third kappa shape index (κ3) is 3.27. The summed E-state index contributed by atoms with van der Waals surface area (Å²) in [6.07, 6.45) is 0.261. The van der Waals surface area contributed by atoms with Gasteiger partial charge in [-0.3, -0.25) is 4.79 Å². The molecule has 20 heavy (non-hydrogen) atoms. The molecule has 1 fully saturated rings. The molecule has 1 aliphatic rings. The summed E-state index contributed by atoms with van der Waals surface area (Å²) in [5.74, 6) is -0.499. The molecule has 3 atom stereocenters. The van der Waals surface area contributed by atoms with Crippen LogP contribution in [-0.2, 0) is 4.79 Å². The Balaban J connectivity index is 2.09. The van der Waals surface area contributed by atoms with E-state index in [1.807, 2.05) is 6.92 Å². The van der Waals surface area contributed by atoms with Crippen LogP contribution in [0.3, 0.4) is 0 Å². The lowest BCUT2D eigenvalue weighted by molar-refractivity contribution is -0.116. The van der Waals surface area contributed by atoms with Crippen molar-refractivity contribution < 1.29 is 14.3 Å². The molecule has 2 rings (SSSR count). The maximum atomic E-state index is 13.2. The third-order valence-electron chi connectivity index (χ3n) is 3.43. The van der Waals surface area contributed by atoms with E-state index in [-0.39, 0.29) is 21.4 Å². The second kappa shape index (κ2) is 6.33. The first-order chi connectivity index (χ1) is 9.40. The van der Waals surface area contributed by atoms with Crippen LogP contribution in [0, 0.1) is 5.82 Å². The summed E-state index contributed by atoms with van der Waals surface area (Å²) in [6, 6.07) is 4.30. The highest BCUT2D eigenvalue weighted by Gasteiger charge is 2.34. The molecule has 0 spiro atoms. The van der Waals surface area contributed by atoms with Gasteiger partial charge in [-0.15, -0.1) is 11.8 Å². The molecular weight excluding hydrogens is 301 g/mol. The largest absolute Gasteiger partial charge is 0.392 e. The zero-order valence-electron chi connectivity index (χ0n) is 11.3.